The highest BCUT2D eigenvalue weighted by Gasteiger charge is 2.17. The van der Waals surface area contributed by atoms with Crippen molar-refractivity contribution in [2.75, 3.05) is 0 Å². The van der Waals surface area contributed by atoms with E-state index < -0.39 is 15.0 Å². The van der Waals surface area contributed by atoms with Crippen molar-refractivity contribution in [2.24, 2.45) is 0 Å². The SMILES string of the molecule is CCC(C)(C)c1ccc(I)cc1.O=[N+]([O-])c1ccc(S(=O)(=O)O)cc1. The first-order valence-electron chi connectivity index (χ1n) is 7.45. The van der Waals surface area contributed by atoms with Crippen molar-refractivity contribution < 1.29 is 17.9 Å². The molecule has 0 spiro atoms. The highest BCUT2D eigenvalue weighted by atomic mass is 127. The monoisotopic (exact) mass is 477 g/mol. The topological polar surface area (TPSA) is 97.5 Å². The van der Waals surface area contributed by atoms with E-state index in [0.29, 0.717) is 5.41 Å². The molecular formula is C17H20INO5S. The van der Waals surface area contributed by atoms with Crippen molar-refractivity contribution in [2.45, 2.75) is 37.5 Å². The third-order valence-electron chi connectivity index (χ3n) is 3.85. The fourth-order valence-corrected chi connectivity index (χ4v) is 2.68. The molecule has 0 amide bonds. The van der Waals surface area contributed by atoms with Crippen molar-refractivity contribution >= 4 is 38.4 Å². The first kappa shape index (κ1) is 21.5. The van der Waals surface area contributed by atoms with Gasteiger partial charge in [-0.25, -0.2) is 0 Å². The van der Waals surface area contributed by atoms with Crippen LogP contribution in [-0.4, -0.2) is 17.9 Å². The van der Waals surface area contributed by atoms with Gasteiger partial charge in [-0.05, 0) is 64.3 Å². The summed E-state index contributed by atoms with van der Waals surface area (Å²) < 4.78 is 30.8. The second-order valence-electron chi connectivity index (χ2n) is 5.97. The van der Waals surface area contributed by atoms with E-state index in [2.05, 4.69) is 67.6 Å². The maximum Gasteiger partial charge on any atom is 0.294 e. The molecule has 2 aromatic rings. The van der Waals surface area contributed by atoms with E-state index >= 15 is 0 Å². The Morgan fingerprint density at radius 2 is 1.56 bits per heavy atom. The van der Waals surface area contributed by atoms with Gasteiger partial charge in [-0.15, -0.1) is 0 Å². The predicted molar refractivity (Wildman–Crippen MR) is 105 cm³/mol. The van der Waals surface area contributed by atoms with E-state index in [4.69, 9.17) is 4.55 Å². The molecule has 0 aromatic heterocycles. The summed E-state index contributed by atoms with van der Waals surface area (Å²) in [5.74, 6) is 0. The molecule has 0 unspecified atom stereocenters. The van der Waals surface area contributed by atoms with Crippen LogP contribution in [0.2, 0.25) is 0 Å². The summed E-state index contributed by atoms with van der Waals surface area (Å²) >= 11 is 2.34. The van der Waals surface area contributed by atoms with Gasteiger partial charge >= 0.3 is 0 Å². The lowest BCUT2D eigenvalue weighted by Crippen LogP contribution is -2.14. The quantitative estimate of drug-likeness (QED) is 0.295. The maximum atomic E-state index is 10.5. The molecule has 0 heterocycles. The highest BCUT2D eigenvalue weighted by Crippen LogP contribution is 2.26. The van der Waals surface area contributed by atoms with Crippen LogP contribution in [0, 0.1) is 13.7 Å². The van der Waals surface area contributed by atoms with Crippen molar-refractivity contribution in [3.63, 3.8) is 0 Å². The summed E-state index contributed by atoms with van der Waals surface area (Å²) in [6, 6.07) is 12.7. The van der Waals surface area contributed by atoms with E-state index in [-0.39, 0.29) is 10.6 Å². The average Bonchev–Trinajstić information content (AvgIpc) is 2.55. The first-order chi connectivity index (χ1) is 11.5. The van der Waals surface area contributed by atoms with Crippen LogP contribution in [0.1, 0.15) is 32.8 Å². The Balaban J connectivity index is 0.000000251. The van der Waals surface area contributed by atoms with E-state index in [1.54, 1.807) is 0 Å². The Morgan fingerprint density at radius 3 is 1.92 bits per heavy atom. The van der Waals surface area contributed by atoms with Gasteiger partial charge in [0.1, 0.15) is 0 Å². The lowest BCUT2D eigenvalue weighted by atomic mass is 9.82. The number of nitro benzene ring substituents is 1. The van der Waals surface area contributed by atoms with Crippen molar-refractivity contribution in [3.05, 3.63) is 67.8 Å². The zero-order valence-electron chi connectivity index (χ0n) is 14.1. The van der Waals surface area contributed by atoms with Gasteiger partial charge in [0.05, 0.1) is 9.82 Å². The molecule has 2 rings (SSSR count). The third-order valence-corrected chi connectivity index (χ3v) is 5.44. The number of non-ortho nitro benzene ring substituents is 1. The van der Waals surface area contributed by atoms with Crippen LogP contribution in [0.25, 0.3) is 0 Å². The molecule has 2 aromatic carbocycles. The average molecular weight is 477 g/mol. The summed E-state index contributed by atoms with van der Waals surface area (Å²) in [4.78, 5) is 9.13. The van der Waals surface area contributed by atoms with E-state index in [9.17, 15) is 18.5 Å². The normalized spacial score (nSPS) is 11.4. The predicted octanol–water partition coefficient (Wildman–Crippen LogP) is 4.82. The molecule has 0 bridgehead atoms. The lowest BCUT2D eigenvalue weighted by molar-refractivity contribution is -0.384. The van der Waals surface area contributed by atoms with E-state index in [1.165, 1.54) is 15.6 Å². The molecule has 6 nitrogen and oxygen atoms in total. The largest absolute Gasteiger partial charge is 0.294 e. The summed E-state index contributed by atoms with van der Waals surface area (Å²) in [6.45, 7) is 6.81. The number of hydrogen-bond donors (Lipinski definition) is 1. The first-order valence-corrected chi connectivity index (χ1v) is 9.97. The molecule has 25 heavy (non-hydrogen) atoms. The zero-order chi connectivity index (χ0) is 19.3. The summed E-state index contributed by atoms with van der Waals surface area (Å²) in [5.41, 5.74) is 1.53. The second-order valence-corrected chi connectivity index (χ2v) is 8.64. The minimum Gasteiger partial charge on any atom is -0.282 e. The molecule has 136 valence electrons. The number of halogens is 1. The number of nitrogens with zero attached hydrogens (tertiary/aromatic N) is 1. The van der Waals surface area contributed by atoms with Crippen molar-refractivity contribution in [1.29, 1.82) is 0 Å². The van der Waals surface area contributed by atoms with Crippen LogP contribution in [0.3, 0.4) is 0 Å². The summed E-state index contributed by atoms with van der Waals surface area (Å²) in [5, 5.41) is 10.2. The molecule has 0 aliphatic carbocycles. The van der Waals surface area contributed by atoms with Gasteiger partial charge in [-0.2, -0.15) is 8.42 Å². The van der Waals surface area contributed by atoms with Crippen LogP contribution in [0.4, 0.5) is 5.69 Å². The number of rotatable bonds is 4. The number of hydrogen-bond acceptors (Lipinski definition) is 4. The highest BCUT2D eigenvalue weighted by molar-refractivity contribution is 14.1. The van der Waals surface area contributed by atoms with Gasteiger partial charge < -0.3 is 0 Å². The number of nitro groups is 1. The lowest BCUT2D eigenvalue weighted by Gasteiger charge is -2.23. The Bertz CT molecular complexity index is 815. The molecule has 0 saturated carbocycles. The van der Waals surface area contributed by atoms with Gasteiger partial charge in [0.25, 0.3) is 15.8 Å². The number of benzene rings is 2. The van der Waals surface area contributed by atoms with Gasteiger partial charge in [0.15, 0.2) is 0 Å². The molecule has 8 heteroatoms. The minimum absolute atomic E-state index is 0.229. The molecule has 0 aliphatic rings. The Labute approximate surface area is 161 Å². The van der Waals surface area contributed by atoms with Gasteiger partial charge in [0.2, 0.25) is 0 Å². The van der Waals surface area contributed by atoms with Crippen LogP contribution < -0.4 is 0 Å². The van der Waals surface area contributed by atoms with E-state index in [1.807, 2.05) is 0 Å². The van der Waals surface area contributed by atoms with Crippen LogP contribution in [0.15, 0.2) is 53.4 Å². The molecule has 0 radical (unpaired) electrons. The molecule has 0 atom stereocenters. The van der Waals surface area contributed by atoms with Crippen LogP contribution in [-0.2, 0) is 15.5 Å². The maximum absolute atomic E-state index is 10.5. The second kappa shape index (κ2) is 8.72. The molecule has 0 saturated heterocycles. The van der Waals surface area contributed by atoms with Crippen molar-refractivity contribution in [1.82, 2.24) is 0 Å². The third kappa shape index (κ3) is 6.71. The smallest absolute Gasteiger partial charge is 0.282 e. The van der Waals surface area contributed by atoms with Gasteiger partial charge in [0, 0.05) is 15.7 Å². The molecule has 0 fully saturated rings. The van der Waals surface area contributed by atoms with Gasteiger partial charge in [-0.3, -0.25) is 14.7 Å². The summed E-state index contributed by atoms with van der Waals surface area (Å²) in [6.07, 6.45) is 1.19. The Kier molecular flexibility index (Phi) is 7.51. The van der Waals surface area contributed by atoms with Crippen LogP contribution in [0.5, 0.6) is 0 Å². The molecular weight excluding hydrogens is 457 g/mol. The van der Waals surface area contributed by atoms with E-state index in [0.717, 1.165) is 24.3 Å². The fourth-order valence-electron chi connectivity index (χ4n) is 1.85. The zero-order valence-corrected chi connectivity index (χ0v) is 17.1. The van der Waals surface area contributed by atoms with Gasteiger partial charge in [-0.1, -0.05) is 32.9 Å². The minimum atomic E-state index is -4.27. The Hall–Kier alpha value is -1.52. The standard InChI is InChI=1S/C11H15I.C6H5NO5S/c1-4-11(2,3)9-5-7-10(12)8-6-9;8-7(9)5-1-3-6(4-2-5)13(10,11)12/h5-8H,4H2,1-3H3;1-4H,(H,10,11,12). The summed E-state index contributed by atoms with van der Waals surface area (Å²) in [7, 11) is -4.27. The molecule has 0 aliphatic heterocycles. The van der Waals surface area contributed by atoms with Crippen molar-refractivity contribution in [3.8, 4) is 0 Å². The Morgan fingerprint density at radius 1 is 1.08 bits per heavy atom. The van der Waals surface area contributed by atoms with Crippen LogP contribution >= 0.6 is 22.6 Å². The fraction of sp³-hybridized carbons (Fsp3) is 0.294. The molecule has 1 N–H and O–H groups in total.